The number of aliphatic hydroxyl groups excluding tert-OH is 2. The number of aryl methyl sites for hydroxylation is 1. The van der Waals surface area contributed by atoms with Crippen LogP contribution < -0.4 is 10.6 Å². The zero-order chi connectivity index (χ0) is 22.4. The van der Waals surface area contributed by atoms with Crippen LogP contribution in [-0.4, -0.2) is 32.2 Å². The summed E-state index contributed by atoms with van der Waals surface area (Å²) < 4.78 is 0. The topological polar surface area (TPSA) is 132 Å². The Labute approximate surface area is 179 Å². The number of aromatic hydroxyl groups is 1. The van der Waals surface area contributed by atoms with Crippen molar-refractivity contribution in [2.24, 2.45) is 0 Å². The maximum Gasteiger partial charge on any atom is 0.322 e. The fourth-order valence-corrected chi connectivity index (χ4v) is 3.40. The smallest absolute Gasteiger partial charge is 0.322 e. The van der Waals surface area contributed by atoms with Gasteiger partial charge in [-0.15, -0.1) is 0 Å². The van der Waals surface area contributed by atoms with E-state index in [-0.39, 0.29) is 24.9 Å². The predicted octanol–water partition coefficient (Wildman–Crippen LogP) is 1.85. The molecule has 3 amide bonds. The quantitative estimate of drug-likeness (QED) is 0.409. The molecule has 0 unspecified atom stereocenters. The lowest BCUT2D eigenvalue weighted by atomic mass is 9.83. The van der Waals surface area contributed by atoms with Gasteiger partial charge in [-0.2, -0.15) is 0 Å². The van der Waals surface area contributed by atoms with Gasteiger partial charge in [-0.1, -0.05) is 60.7 Å². The van der Waals surface area contributed by atoms with Crippen LogP contribution in [0.3, 0.4) is 0 Å². The first-order valence-electron chi connectivity index (χ1n) is 9.56. The highest BCUT2D eigenvalue weighted by atomic mass is 16.3. The predicted molar refractivity (Wildman–Crippen MR) is 113 cm³/mol. The van der Waals surface area contributed by atoms with Crippen molar-refractivity contribution >= 4 is 11.9 Å². The Hall–Kier alpha value is -3.75. The SMILES string of the molecule is Cc1ncc(CO)c(CO)c1O.O=C1NC(=O)C(c2ccccc2)(c2ccccc2)N1. The maximum absolute atomic E-state index is 12.3. The average molecular weight is 421 g/mol. The van der Waals surface area contributed by atoms with E-state index in [0.717, 1.165) is 11.1 Å². The summed E-state index contributed by atoms with van der Waals surface area (Å²) in [5.74, 6) is -0.390. The number of benzene rings is 2. The van der Waals surface area contributed by atoms with Crippen molar-refractivity contribution in [1.29, 1.82) is 0 Å². The number of amides is 3. The number of hydrogen-bond donors (Lipinski definition) is 5. The summed E-state index contributed by atoms with van der Waals surface area (Å²) in [4.78, 5) is 27.7. The maximum atomic E-state index is 12.3. The number of nitrogens with one attached hydrogen (secondary N) is 2. The Balaban J connectivity index is 0.000000196. The van der Waals surface area contributed by atoms with Gasteiger partial charge in [0, 0.05) is 17.3 Å². The Morgan fingerprint density at radius 2 is 1.45 bits per heavy atom. The molecule has 160 valence electrons. The van der Waals surface area contributed by atoms with E-state index < -0.39 is 11.6 Å². The number of imide groups is 1. The molecular formula is C23H23N3O5. The fourth-order valence-electron chi connectivity index (χ4n) is 3.40. The summed E-state index contributed by atoms with van der Waals surface area (Å²) in [6.07, 6.45) is 1.45. The van der Waals surface area contributed by atoms with Crippen molar-refractivity contribution in [3.63, 3.8) is 0 Å². The standard InChI is InChI=1S/C15H12N2O2.C8H11NO3/c18-13-15(17-14(19)16-13,11-7-3-1-4-8-11)12-9-5-2-6-10-12;1-5-8(12)7(4-11)6(3-10)2-9-5/h1-10H,(H2,16,17,18,19);2,10-12H,3-4H2,1H3. The minimum Gasteiger partial charge on any atom is -0.506 e. The Bertz CT molecular complexity index is 1030. The molecule has 3 aromatic rings. The molecule has 0 aliphatic carbocycles. The molecule has 1 aromatic heterocycles. The molecular weight excluding hydrogens is 398 g/mol. The summed E-state index contributed by atoms with van der Waals surface area (Å²) >= 11 is 0. The second kappa shape index (κ2) is 9.38. The first-order valence-corrected chi connectivity index (χ1v) is 9.56. The minimum absolute atomic E-state index is 0.0379. The summed E-state index contributed by atoms with van der Waals surface area (Å²) in [6, 6.07) is 18.0. The van der Waals surface area contributed by atoms with Crippen LogP contribution in [0.15, 0.2) is 66.9 Å². The average Bonchev–Trinajstić information content (AvgIpc) is 3.11. The number of urea groups is 1. The molecule has 5 N–H and O–H groups in total. The lowest BCUT2D eigenvalue weighted by molar-refractivity contribution is -0.122. The third-order valence-corrected chi connectivity index (χ3v) is 5.04. The van der Waals surface area contributed by atoms with Crippen LogP contribution in [-0.2, 0) is 23.5 Å². The van der Waals surface area contributed by atoms with Crippen LogP contribution in [0.25, 0.3) is 0 Å². The zero-order valence-corrected chi connectivity index (χ0v) is 16.9. The van der Waals surface area contributed by atoms with Crippen molar-refractivity contribution in [2.45, 2.75) is 25.7 Å². The first kappa shape index (κ1) is 21.9. The van der Waals surface area contributed by atoms with E-state index in [2.05, 4.69) is 15.6 Å². The monoisotopic (exact) mass is 421 g/mol. The van der Waals surface area contributed by atoms with E-state index in [4.69, 9.17) is 10.2 Å². The van der Waals surface area contributed by atoms with Gasteiger partial charge in [0.1, 0.15) is 5.75 Å². The van der Waals surface area contributed by atoms with Crippen LogP contribution in [0.2, 0.25) is 0 Å². The van der Waals surface area contributed by atoms with Gasteiger partial charge in [0.25, 0.3) is 5.91 Å². The number of hydrogen-bond acceptors (Lipinski definition) is 6. The van der Waals surface area contributed by atoms with Gasteiger partial charge in [0.15, 0.2) is 5.54 Å². The number of nitrogens with zero attached hydrogens (tertiary/aromatic N) is 1. The second-order valence-electron chi connectivity index (χ2n) is 6.90. The Morgan fingerprint density at radius 1 is 0.903 bits per heavy atom. The number of carbonyl (C=O) groups excluding carboxylic acids is 2. The summed E-state index contributed by atoms with van der Waals surface area (Å²) in [6.45, 7) is 1.12. The number of carbonyl (C=O) groups is 2. The van der Waals surface area contributed by atoms with Crippen molar-refractivity contribution in [3.05, 3.63) is 94.8 Å². The molecule has 8 heteroatoms. The van der Waals surface area contributed by atoms with Gasteiger partial charge in [0.2, 0.25) is 0 Å². The fraction of sp³-hybridized carbons (Fsp3) is 0.174. The molecule has 1 aliphatic rings. The van der Waals surface area contributed by atoms with Crippen LogP contribution >= 0.6 is 0 Å². The molecule has 1 saturated heterocycles. The highest BCUT2D eigenvalue weighted by Crippen LogP contribution is 2.32. The Kier molecular flexibility index (Phi) is 6.64. The van der Waals surface area contributed by atoms with Crippen LogP contribution in [0.5, 0.6) is 5.75 Å². The van der Waals surface area contributed by atoms with Crippen molar-refractivity contribution in [2.75, 3.05) is 0 Å². The van der Waals surface area contributed by atoms with Gasteiger partial charge >= 0.3 is 6.03 Å². The number of pyridine rings is 1. The molecule has 31 heavy (non-hydrogen) atoms. The molecule has 4 rings (SSSR count). The van der Waals surface area contributed by atoms with Crippen molar-refractivity contribution < 1.29 is 24.9 Å². The largest absolute Gasteiger partial charge is 0.506 e. The third kappa shape index (κ3) is 4.25. The second-order valence-corrected chi connectivity index (χ2v) is 6.90. The summed E-state index contributed by atoms with van der Waals surface area (Å²) in [5.41, 5.74) is 1.61. The minimum atomic E-state index is -1.14. The molecule has 0 bridgehead atoms. The molecule has 2 aromatic carbocycles. The normalized spacial score (nSPS) is 14.3. The number of rotatable bonds is 4. The van der Waals surface area contributed by atoms with Gasteiger partial charge in [-0.05, 0) is 18.1 Å². The van der Waals surface area contributed by atoms with Crippen molar-refractivity contribution in [1.82, 2.24) is 15.6 Å². The van der Waals surface area contributed by atoms with E-state index in [0.29, 0.717) is 16.8 Å². The van der Waals surface area contributed by atoms with Crippen LogP contribution in [0, 0.1) is 6.92 Å². The van der Waals surface area contributed by atoms with Crippen LogP contribution in [0.4, 0.5) is 4.79 Å². The van der Waals surface area contributed by atoms with E-state index in [1.165, 1.54) is 6.20 Å². The third-order valence-electron chi connectivity index (χ3n) is 5.04. The van der Waals surface area contributed by atoms with Crippen LogP contribution in [0.1, 0.15) is 27.9 Å². The molecule has 1 fully saturated rings. The molecule has 2 heterocycles. The Morgan fingerprint density at radius 3 is 1.87 bits per heavy atom. The van der Waals surface area contributed by atoms with Gasteiger partial charge in [-0.3, -0.25) is 15.1 Å². The molecule has 0 radical (unpaired) electrons. The zero-order valence-electron chi connectivity index (χ0n) is 16.9. The van der Waals surface area contributed by atoms with Gasteiger partial charge in [-0.25, -0.2) is 4.79 Å². The van der Waals surface area contributed by atoms with E-state index in [9.17, 15) is 14.7 Å². The van der Waals surface area contributed by atoms with E-state index >= 15 is 0 Å². The molecule has 8 nitrogen and oxygen atoms in total. The molecule has 0 atom stereocenters. The lowest BCUT2D eigenvalue weighted by Gasteiger charge is -2.27. The van der Waals surface area contributed by atoms with Gasteiger partial charge in [0.05, 0.1) is 18.9 Å². The van der Waals surface area contributed by atoms with E-state index in [1.54, 1.807) is 6.92 Å². The first-order chi connectivity index (χ1) is 14.9. The highest BCUT2D eigenvalue weighted by molar-refractivity contribution is 6.09. The molecule has 0 saturated carbocycles. The summed E-state index contributed by atoms with van der Waals surface area (Å²) in [5, 5.41) is 32.1. The number of aliphatic hydroxyl groups is 2. The van der Waals surface area contributed by atoms with E-state index in [1.807, 2.05) is 60.7 Å². The highest BCUT2D eigenvalue weighted by Gasteiger charge is 2.48. The van der Waals surface area contributed by atoms with Gasteiger partial charge < -0.3 is 20.6 Å². The molecule has 0 spiro atoms. The lowest BCUT2D eigenvalue weighted by Crippen LogP contribution is -2.44. The van der Waals surface area contributed by atoms with Crippen molar-refractivity contribution in [3.8, 4) is 5.75 Å². The molecule has 1 aliphatic heterocycles. The summed E-state index contributed by atoms with van der Waals surface area (Å²) in [7, 11) is 0. The number of aromatic nitrogens is 1.